The Morgan fingerprint density at radius 3 is 2.88 bits per heavy atom. The van der Waals surface area contributed by atoms with Crippen molar-refractivity contribution in [2.45, 2.75) is 18.1 Å². The fourth-order valence-electron chi connectivity index (χ4n) is 3.48. The number of sulfone groups is 1. The van der Waals surface area contributed by atoms with Gasteiger partial charge in [0.25, 0.3) is 0 Å². The van der Waals surface area contributed by atoms with Crippen molar-refractivity contribution >= 4 is 26.3 Å². The molecule has 128 valence electrons. The van der Waals surface area contributed by atoms with Crippen molar-refractivity contribution in [1.82, 2.24) is 15.2 Å². The summed E-state index contributed by atoms with van der Waals surface area (Å²) in [6, 6.07) is 5.46. The highest BCUT2D eigenvalue weighted by Gasteiger charge is 2.62. The molecule has 0 aliphatic carbocycles. The summed E-state index contributed by atoms with van der Waals surface area (Å²) in [6.07, 6.45) is 2.30. The van der Waals surface area contributed by atoms with E-state index in [-0.39, 0.29) is 11.7 Å². The maximum absolute atomic E-state index is 12.6. The van der Waals surface area contributed by atoms with Gasteiger partial charge in [0.1, 0.15) is 9.75 Å². The molecule has 1 spiro atoms. The standard InChI is InChI=1S/C15H18N4O3S2/c1-11-17-18-14(23-11)19-9-15(10-19)12(5-7-24(15,20)21)8-22-13-4-2-3-6-16-13/h2-4,6,12H,5,7-10H2,1H3. The third-order valence-corrected chi connectivity index (χ3v) is 8.37. The highest BCUT2D eigenvalue weighted by atomic mass is 32.2. The lowest BCUT2D eigenvalue weighted by molar-refractivity contribution is 0.188. The number of anilines is 1. The van der Waals surface area contributed by atoms with E-state index in [2.05, 4.69) is 15.2 Å². The van der Waals surface area contributed by atoms with E-state index in [1.807, 2.05) is 24.0 Å². The van der Waals surface area contributed by atoms with Gasteiger partial charge in [0.2, 0.25) is 11.0 Å². The Labute approximate surface area is 144 Å². The number of rotatable bonds is 4. The molecule has 24 heavy (non-hydrogen) atoms. The zero-order valence-corrected chi connectivity index (χ0v) is 14.9. The van der Waals surface area contributed by atoms with E-state index in [1.165, 1.54) is 11.3 Å². The molecule has 2 aromatic heterocycles. The summed E-state index contributed by atoms with van der Waals surface area (Å²) >= 11 is 1.49. The second kappa shape index (κ2) is 5.66. The monoisotopic (exact) mass is 366 g/mol. The van der Waals surface area contributed by atoms with Crippen molar-refractivity contribution in [1.29, 1.82) is 0 Å². The summed E-state index contributed by atoms with van der Waals surface area (Å²) in [4.78, 5) is 6.14. The predicted octanol–water partition coefficient (Wildman–Crippen LogP) is 1.31. The first-order chi connectivity index (χ1) is 11.5. The second-order valence-electron chi connectivity index (χ2n) is 6.31. The molecule has 1 unspecified atom stereocenters. The number of ether oxygens (including phenoxy) is 1. The highest BCUT2D eigenvalue weighted by molar-refractivity contribution is 7.93. The molecular formula is C15H18N4O3S2. The van der Waals surface area contributed by atoms with Crippen LogP contribution >= 0.6 is 11.3 Å². The van der Waals surface area contributed by atoms with Crippen molar-refractivity contribution in [3.05, 3.63) is 29.4 Å². The lowest BCUT2D eigenvalue weighted by atomic mass is 9.84. The Hall–Kier alpha value is -1.74. The number of hydrogen-bond donors (Lipinski definition) is 0. The fraction of sp³-hybridized carbons (Fsp3) is 0.533. The molecule has 7 nitrogen and oxygen atoms in total. The summed E-state index contributed by atoms with van der Waals surface area (Å²) in [5, 5.41) is 9.81. The van der Waals surface area contributed by atoms with Crippen molar-refractivity contribution < 1.29 is 13.2 Å². The minimum Gasteiger partial charge on any atom is -0.477 e. The number of hydrogen-bond acceptors (Lipinski definition) is 8. The van der Waals surface area contributed by atoms with Gasteiger partial charge in [-0.3, -0.25) is 0 Å². The minimum atomic E-state index is -3.12. The first kappa shape index (κ1) is 15.8. The fourth-order valence-corrected chi connectivity index (χ4v) is 6.56. The molecule has 0 saturated carbocycles. The van der Waals surface area contributed by atoms with Crippen LogP contribution in [0.4, 0.5) is 5.13 Å². The molecule has 9 heteroatoms. The SMILES string of the molecule is Cc1nnc(N2CC3(C2)C(COc2ccccn2)CCS3(=O)=O)s1. The predicted molar refractivity (Wildman–Crippen MR) is 91.2 cm³/mol. The Morgan fingerprint density at radius 2 is 2.21 bits per heavy atom. The molecule has 0 aromatic carbocycles. The average molecular weight is 366 g/mol. The summed E-state index contributed by atoms with van der Waals surface area (Å²) in [5.41, 5.74) is 0. The average Bonchev–Trinajstić information content (AvgIpc) is 3.05. The quantitative estimate of drug-likeness (QED) is 0.806. The van der Waals surface area contributed by atoms with Crippen molar-refractivity contribution in [2.24, 2.45) is 5.92 Å². The molecular weight excluding hydrogens is 348 g/mol. The maximum Gasteiger partial charge on any atom is 0.213 e. The van der Waals surface area contributed by atoms with Gasteiger partial charge < -0.3 is 9.64 Å². The molecule has 1 atom stereocenters. The molecule has 2 aliphatic rings. The lowest BCUT2D eigenvalue weighted by Crippen LogP contribution is -2.68. The van der Waals surface area contributed by atoms with E-state index in [0.717, 1.165) is 10.1 Å². The van der Waals surface area contributed by atoms with Crippen molar-refractivity contribution in [3.8, 4) is 5.88 Å². The van der Waals surface area contributed by atoms with Crippen LogP contribution in [0.3, 0.4) is 0 Å². The highest BCUT2D eigenvalue weighted by Crippen LogP contribution is 2.46. The summed E-state index contributed by atoms with van der Waals surface area (Å²) in [5.74, 6) is 0.745. The van der Waals surface area contributed by atoms with E-state index in [9.17, 15) is 8.42 Å². The normalized spacial score (nSPS) is 24.0. The second-order valence-corrected chi connectivity index (χ2v) is 9.92. The van der Waals surface area contributed by atoms with Crippen LogP contribution in [-0.2, 0) is 9.84 Å². The number of nitrogens with zero attached hydrogens (tertiary/aromatic N) is 4. The molecule has 4 heterocycles. The molecule has 2 saturated heterocycles. The Morgan fingerprint density at radius 1 is 1.38 bits per heavy atom. The number of aromatic nitrogens is 3. The van der Waals surface area contributed by atoms with Gasteiger partial charge >= 0.3 is 0 Å². The van der Waals surface area contributed by atoms with Crippen LogP contribution < -0.4 is 9.64 Å². The molecule has 0 radical (unpaired) electrons. The van der Waals surface area contributed by atoms with Gasteiger partial charge in [-0.2, -0.15) is 0 Å². The van der Waals surface area contributed by atoms with Crippen LogP contribution in [0, 0.1) is 12.8 Å². The van der Waals surface area contributed by atoms with E-state index in [1.54, 1.807) is 12.3 Å². The van der Waals surface area contributed by atoms with Gasteiger partial charge in [-0.05, 0) is 19.4 Å². The number of aryl methyl sites for hydroxylation is 1. The van der Waals surface area contributed by atoms with E-state index in [4.69, 9.17) is 4.74 Å². The zero-order chi connectivity index (χ0) is 16.8. The Balaban J connectivity index is 1.49. The van der Waals surface area contributed by atoms with Gasteiger partial charge in [-0.1, -0.05) is 17.4 Å². The van der Waals surface area contributed by atoms with Gasteiger partial charge in [-0.15, -0.1) is 10.2 Å². The molecule has 0 bridgehead atoms. The topological polar surface area (TPSA) is 85.3 Å². The first-order valence-corrected chi connectivity index (χ1v) is 10.3. The molecule has 0 N–H and O–H groups in total. The Bertz CT molecular complexity index is 831. The maximum atomic E-state index is 12.6. The van der Waals surface area contributed by atoms with E-state index in [0.29, 0.717) is 32.0 Å². The van der Waals surface area contributed by atoms with Crippen LogP contribution in [0.5, 0.6) is 5.88 Å². The lowest BCUT2D eigenvalue weighted by Gasteiger charge is -2.49. The van der Waals surface area contributed by atoms with Crippen LogP contribution in [0.2, 0.25) is 0 Å². The van der Waals surface area contributed by atoms with Crippen molar-refractivity contribution in [3.63, 3.8) is 0 Å². The minimum absolute atomic E-state index is 0.0187. The van der Waals surface area contributed by atoms with Crippen molar-refractivity contribution in [2.75, 3.05) is 30.3 Å². The molecule has 2 aromatic rings. The molecule has 0 amide bonds. The van der Waals surface area contributed by atoms with E-state index >= 15 is 0 Å². The zero-order valence-electron chi connectivity index (χ0n) is 13.3. The third kappa shape index (κ3) is 2.46. The van der Waals surface area contributed by atoms with Gasteiger partial charge in [0.15, 0.2) is 9.84 Å². The Kier molecular flexibility index (Phi) is 3.72. The smallest absolute Gasteiger partial charge is 0.213 e. The summed E-state index contributed by atoms with van der Waals surface area (Å²) < 4.78 is 30.3. The summed E-state index contributed by atoms with van der Waals surface area (Å²) in [7, 11) is -3.12. The molecule has 2 aliphatic heterocycles. The van der Waals surface area contributed by atoms with Crippen LogP contribution in [-0.4, -0.2) is 53.8 Å². The molecule has 4 rings (SSSR count). The van der Waals surface area contributed by atoms with Gasteiger partial charge in [-0.25, -0.2) is 13.4 Å². The molecule has 2 fully saturated rings. The summed E-state index contributed by atoms with van der Waals surface area (Å²) in [6.45, 7) is 3.21. The van der Waals surface area contributed by atoms with Crippen LogP contribution in [0.25, 0.3) is 0 Å². The van der Waals surface area contributed by atoms with Gasteiger partial charge in [0, 0.05) is 31.3 Å². The number of pyridine rings is 1. The third-order valence-electron chi connectivity index (χ3n) is 4.87. The van der Waals surface area contributed by atoms with Crippen LogP contribution in [0.15, 0.2) is 24.4 Å². The van der Waals surface area contributed by atoms with Gasteiger partial charge in [0.05, 0.1) is 12.4 Å². The first-order valence-electron chi connectivity index (χ1n) is 7.81. The van der Waals surface area contributed by atoms with Crippen LogP contribution in [0.1, 0.15) is 11.4 Å². The largest absolute Gasteiger partial charge is 0.477 e. The van der Waals surface area contributed by atoms with E-state index < -0.39 is 14.6 Å².